The average molecular weight is 323 g/mol. The van der Waals surface area contributed by atoms with Gasteiger partial charge >= 0.3 is 0 Å². The number of rotatable bonds is 5. The monoisotopic (exact) mass is 323 g/mol. The minimum absolute atomic E-state index is 0.0680. The summed E-state index contributed by atoms with van der Waals surface area (Å²) in [7, 11) is 0. The van der Waals surface area contributed by atoms with Gasteiger partial charge in [0.25, 0.3) is 5.91 Å². The number of hydrogen-bond donors (Lipinski definition) is 1. The Kier molecular flexibility index (Phi) is 4.60. The third-order valence-corrected chi connectivity index (χ3v) is 4.35. The smallest absolute Gasteiger partial charge is 0.260 e. The molecule has 1 aromatic carbocycles. The van der Waals surface area contributed by atoms with E-state index in [0.29, 0.717) is 11.3 Å². The van der Waals surface area contributed by atoms with E-state index < -0.39 is 0 Å². The number of hydrogen-bond acceptors (Lipinski definition) is 3. The van der Waals surface area contributed by atoms with Gasteiger partial charge in [-0.2, -0.15) is 0 Å². The van der Waals surface area contributed by atoms with Crippen LogP contribution in [0.4, 0.5) is 5.69 Å². The first-order valence-electron chi connectivity index (χ1n) is 8.24. The van der Waals surface area contributed by atoms with Gasteiger partial charge in [-0.05, 0) is 37.6 Å². The molecule has 2 atom stereocenters. The van der Waals surface area contributed by atoms with Crippen molar-refractivity contribution < 1.29 is 9.59 Å². The Morgan fingerprint density at radius 2 is 2.00 bits per heavy atom. The normalized spacial score (nSPS) is 17.5. The maximum atomic E-state index is 12.8. The molecule has 0 fully saturated rings. The fraction of sp³-hybridized carbons (Fsp3) is 0.316. The van der Waals surface area contributed by atoms with Crippen molar-refractivity contribution in [1.29, 1.82) is 0 Å². The molecule has 3 rings (SSSR count). The third-order valence-electron chi connectivity index (χ3n) is 4.35. The number of fused-ring (bicyclic) bond motifs is 1. The van der Waals surface area contributed by atoms with Crippen molar-refractivity contribution in [3.05, 3.63) is 59.9 Å². The summed E-state index contributed by atoms with van der Waals surface area (Å²) in [5.41, 5.74) is 2.02. The Balaban J connectivity index is 1.93. The summed E-state index contributed by atoms with van der Waals surface area (Å²) >= 11 is 0. The summed E-state index contributed by atoms with van der Waals surface area (Å²) < 4.78 is 0. The van der Waals surface area contributed by atoms with E-state index >= 15 is 0 Å². The van der Waals surface area contributed by atoms with E-state index in [4.69, 9.17) is 0 Å². The number of aromatic nitrogens is 1. The minimum Gasteiger partial charge on any atom is -0.354 e. The van der Waals surface area contributed by atoms with Crippen LogP contribution in [0.1, 0.15) is 48.8 Å². The Morgan fingerprint density at radius 3 is 2.71 bits per heavy atom. The van der Waals surface area contributed by atoms with Crippen LogP contribution in [-0.2, 0) is 4.79 Å². The van der Waals surface area contributed by atoms with E-state index in [1.54, 1.807) is 23.2 Å². The topological polar surface area (TPSA) is 62.3 Å². The number of carbonyl (C=O) groups excluding carboxylic acids is 2. The van der Waals surface area contributed by atoms with Crippen molar-refractivity contribution in [3.63, 3.8) is 0 Å². The quantitative estimate of drug-likeness (QED) is 0.920. The van der Waals surface area contributed by atoms with Crippen molar-refractivity contribution in [2.45, 2.75) is 38.8 Å². The number of amides is 2. The largest absolute Gasteiger partial charge is 0.354 e. The van der Waals surface area contributed by atoms with E-state index in [1.807, 2.05) is 44.2 Å². The molecule has 2 amide bonds. The van der Waals surface area contributed by atoms with Crippen LogP contribution < -0.4 is 10.2 Å². The van der Waals surface area contributed by atoms with Gasteiger partial charge in [0.05, 0.1) is 23.7 Å². The number of nitrogens with zero attached hydrogens (tertiary/aromatic N) is 2. The SMILES string of the molecule is CC[C@@H](C)NC(=O)C[C@@H]1c2ncccc2C(=O)N1c1ccccc1. The molecule has 0 radical (unpaired) electrons. The third kappa shape index (κ3) is 3.02. The van der Waals surface area contributed by atoms with Crippen LogP contribution in [0.15, 0.2) is 48.7 Å². The molecule has 0 spiro atoms. The number of carbonyl (C=O) groups is 2. The summed E-state index contributed by atoms with van der Waals surface area (Å²) in [5.74, 6) is -0.174. The van der Waals surface area contributed by atoms with Gasteiger partial charge < -0.3 is 5.32 Å². The number of nitrogens with one attached hydrogen (secondary N) is 1. The first kappa shape index (κ1) is 16.2. The molecular weight excluding hydrogens is 302 g/mol. The van der Waals surface area contributed by atoms with Crippen LogP contribution in [0.5, 0.6) is 0 Å². The maximum absolute atomic E-state index is 12.8. The van der Waals surface area contributed by atoms with Crippen LogP contribution >= 0.6 is 0 Å². The molecule has 124 valence electrons. The van der Waals surface area contributed by atoms with Gasteiger partial charge in [0, 0.05) is 17.9 Å². The zero-order valence-electron chi connectivity index (χ0n) is 13.9. The lowest BCUT2D eigenvalue weighted by atomic mass is 10.1. The molecule has 1 aliphatic rings. The van der Waals surface area contributed by atoms with Gasteiger partial charge in [-0.15, -0.1) is 0 Å². The standard InChI is InChI=1S/C19H21N3O2/c1-3-13(2)21-17(23)12-16-18-15(10-7-11-20-18)19(24)22(16)14-8-5-4-6-9-14/h4-11,13,16H,3,12H2,1-2H3,(H,21,23)/t13-,16-/m1/s1. The van der Waals surface area contributed by atoms with E-state index in [1.165, 1.54) is 0 Å². The van der Waals surface area contributed by atoms with E-state index in [2.05, 4.69) is 10.3 Å². The Morgan fingerprint density at radius 1 is 1.25 bits per heavy atom. The molecule has 1 aromatic heterocycles. The van der Waals surface area contributed by atoms with Crippen molar-refractivity contribution >= 4 is 17.5 Å². The van der Waals surface area contributed by atoms with Gasteiger partial charge in [0.15, 0.2) is 0 Å². The highest BCUT2D eigenvalue weighted by atomic mass is 16.2. The zero-order valence-corrected chi connectivity index (χ0v) is 13.9. The molecule has 0 saturated carbocycles. The van der Waals surface area contributed by atoms with Crippen molar-refractivity contribution in [3.8, 4) is 0 Å². The maximum Gasteiger partial charge on any atom is 0.260 e. The highest BCUT2D eigenvalue weighted by Gasteiger charge is 2.39. The first-order valence-corrected chi connectivity index (χ1v) is 8.24. The lowest BCUT2D eigenvalue weighted by molar-refractivity contribution is -0.122. The second-order valence-electron chi connectivity index (χ2n) is 6.04. The summed E-state index contributed by atoms with van der Waals surface area (Å²) in [6, 6.07) is 12.7. The predicted molar refractivity (Wildman–Crippen MR) is 92.7 cm³/mol. The highest BCUT2D eigenvalue weighted by molar-refractivity contribution is 6.11. The van der Waals surface area contributed by atoms with Crippen molar-refractivity contribution in [1.82, 2.24) is 10.3 Å². The number of pyridine rings is 1. The first-order chi connectivity index (χ1) is 11.6. The molecule has 2 heterocycles. The Hall–Kier alpha value is -2.69. The van der Waals surface area contributed by atoms with Crippen molar-refractivity contribution in [2.24, 2.45) is 0 Å². The molecule has 0 aliphatic carbocycles. The lowest BCUT2D eigenvalue weighted by Gasteiger charge is -2.25. The average Bonchev–Trinajstić information content (AvgIpc) is 2.88. The minimum atomic E-state index is -0.375. The Bertz CT molecular complexity index is 745. The molecule has 5 nitrogen and oxygen atoms in total. The van der Waals surface area contributed by atoms with Crippen LogP contribution in [0.25, 0.3) is 0 Å². The molecule has 24 heavy (non-hydrogen) atoms. The highest BCUT2D eigenvalue weighted by Crippen LogP contribution is 2.38. The molecule has 1 N–H and O–H groups in total. The van der Waals surface area contributed by atoms with Gasteiger partial charge in [-0.3, -0.25) is 19.5 Å². The lowest BCUT2D eigenvalue weighted by Crippen LogP contribution is -2.36. The van der Waals surface area contributed by atoms with Crippen LogP contribution in [-0.4, -0.2) is 22.8 Å². The zero-order chi connectivity index (χ0) is 17.1. The van der Waals surface area contributed by atoms with Gasteiger partial charge in [-0.1, -0.05) is 25.1 Å². The van der Waals surface area contributed by atoms with Gasteiger partial charge in [0.1, 0.15) is 0 Å². The molecule has 5 heteroatoms. The van der Waals surface area contributed by atoms with Crippen molar-refractivity contribution in [2.75, 3.05) is 4.90 Å². The summed E-state index contributed by atoms with van der Waals surface area (Å²) in [6.45, 7) is 4.00. The second kappa shape index (κ2) is 6.83. The van der Waals surface area contributed by atoms with Gasteiger partial charge in [-0.25, -0.2) is 0 Å². The van der Waals surface area contributed by atoms with E-state index in [0.717, 1.165) is 12.1 Å². The van der Waals surface area contributed by atoms with Crippen LogP contribution in [0.3, 0.4) is 0 Å². The Labute approximate surface area is 141 Å². The number of anilines is 1. The van der Waals surface area contributed by atoms with E-state index in [9.17, 15) is 9.59 Å². The molecule has 0 saturated heterocycles. The summed E-state index contributed by atoms with van der Waals surface area (Å²) in [6.07, 6.45) is 2.74. The second-order valence-corrected chi connectivity index (χ2v) is 6.04. The molecular formula is C19H21N3O2. The molecule has 1 aliphatic heterocycles. The number of para-hydroxylation sites is 1. The summed E-state index contributed by atoms with van der Waals surface area (Å²) in [5, 5.41) is 2.97. The fourth-order valence-electron chi connectivity index (χ4n) is 2.94. The predicted octanol–water partition coefficient (Wildman–Crippen LogP) is 3.09. The molecule has 2 aromatic rings. The van der Waals surface area contributed by atoms with Crippen LogP contribution in [0.2, 0.25) is 0 Å². The van der Waals surface area contributed by atoms with Crippen LogP contribution in [0, 0.1) is 0 Å². The molecule has 0 unspecified atom stereocenters. The number of benzene rings is 1. The fourth-order valence-corrected chi connectivity index (χ4v) is 2.94. The summed E-state index contributed by atoms with van der Waals surface area (Å²) in [4.78, 5) is 31.3. The van der Waals surface area contributed by atoms with E-state index in [-0.39, 0.29) is 30.3 Å². The molecule has 0 bridgehead atoms. The van der Waals surface area contributed by atoms with Gasteiger partial charge in [0.2, 0.25) is 5.91 Å².